The Balaban J connectivity index is 1.46. The van der Waals surface area contributed by atoms with Crippen LogP contribution in [0.25, 0.3) is 0 Å². The number of carbonyl (C=O) groups is 2. The van der Waals surface area contributed by atoms with Gasteiger partial charge in [-0.15, -0.1) is 0 Å². The molecular formula is C28H35NO7. The van der Waals surface area contributed by atoms with Crippen LogP contribution in [0, 0.1) is 5.92 Å². The van der Waals surface area contributed by atoms with Crippen LogP contribution in [0.2, 0.25) is 0 Å². The predicted octanol–water partition coefficient (Wildman–Crippen LogP) is 4.31. The minimum Gasteiger partial charge on any atom is -0.445 e. The number of amides is 1. The lowest BCUT2D eigenvalue weighted by Crippen LogP contribution is -2.38. The van der Waals surface area contributed by atoms with Crippen LogP contribution >= 0.6 is 0 Å². The molecule has 5 atom stereocenters. The van der Waals surface area contributed by atoms with Gasteiger partial charge < -0.3 is 33.4 Å². The Morgan fingerprint density at radius 1 is 1.03 bits per heavy atom. The molecule has 8 nitrogen and oxygen atoms in total. The van der Waals surface area contributed by atoms with E-state index < -0.39 is 18.2 Å². The van der Waals surface area contributed by atoms with E-state index in [4.69, 9.17) is 23.7 Å². The number of nitrogens with zero attached hydrogens (tertiary/aromatic N) is 1. The highest BCUT2D eigenvalue weighted by atomic mass is 16.8. The lowest BCUT2D eigenvalue weighted by molar-refractivity contribution is -0.228. The van der Waals surface area contributed by atoms with Crippen molar-refractivity contribution in [3.63, 3.8) is 0 Å². The molecule has 36 heavy (non-hydrogen) atoms. The first kappa shape index (κ1) is 26.3. The van der Waals surface area contributed by atoms with Gasteiger partial charge in [-0.25, -0.2) is 4.79 Å². The molecule has 0 bridgehead atoms. The smallest absolute Gasteiger partial charge is 0.410 e. The standard InChI is InChI=1S/C28H35NO7/c1-28(2)35-24-23(34-26(32-3)25(24)36-28)16-22(14-15-30)18-29(17-20-10-6-4-7-11-20)27(31)33-19-21-12-8-5-9-13-21/h4-13,15,22-26H,14,16-19H2,1-3H3/t22-,23+,24?,25?,26+/m0/s1. The van der Waals surface area contributed by atoms with Gasteiger partial charge >= 0.3 is 6.09 Å². The number of hydrogen-bond donors (Lipinski definition) is 0. The number of ether oxygens (including phenoxy) is 5. The van der Waals surface area contributed by atoms with Gasteiger partial charge in [-0.2, -0.15) is 0 Å². The van der Waals surface area contributed by atoms with Crippen molar-refractivity contribution in [1.29, 1.82) is 0 Å². The maximum Gasteiger partial charge on any atom is 0.410 e. The highest BCUT2D eigenvalue weighted by molar-refractivity contribution is 5.67. The third-order valence-electron chi connectivity index (χ3n) is 6.49. The van der Waals surface area contributed by atoms with E-state index >= 15 is 0 Å². The molecule has 0 radical (unpaired) electrons. The van der Waals surface area contributed by atoms with E-state index in [-0.39, 0.29) is 37.3 Å². The molecule has 4 rings (SSSR count). The number of aldehydes is 1. The molecule has 8 heteroatoms. The van der Waals surface area contributed by atoms with E-state index in [1.54, 1.807) is 12.0 Å². The van der Waals surface area contributed by atoms with E-state index in [0.717, 1.165) is 17.4 Å². The maximum absolute atomic E-state index is 13.2. The fourth-order valence-electron chi connectivity index (χ4n) is 4.86. The van der Waals surface area contributed by atoms with Crippen molar-refractivity contribution in [3.8, 4) is 0 Å². The van der Waals surface area contributed by atoms with Gasteiger partial charge in [-0.3, -0.25) is 0 Å². The number of benzene rings is 2. The van der Waals surface area contributed by atoms with E-state index in [1.807, 2.05) is 74.5 Å². The molecule has 0 N–H and O–H groups in total. The summed E-state index contributed by atoms with van der Waals surface area (Å²) in [5, 5.41) is 0. The minimum absolute atomic E-state index is 0.163. The summed E-state index contributed by atoms with van der Waals surface area (Å²) in [5.41, 5.74) is 1.89. The summed E-state index contributed by atoms with van der Waals surface area (Å²) in [6.45, 7) is 4.61. The van der Waals surface area contributed by atoms with E-state index in [1.165, 1.54) is 0 Å². The summed E-state index contributed by atoms with van der Waals surface area (Å²) < 4.78 is 29.3. The average molecular weight is 498 g/mol. The quantitative estimate of drug-likeness (QED) is 0.428. The molecule has 194 valence electrons. The van der Waals surface area contributed by atoms with Gasteiger partial charge in [0.1, 0.15) is 25.1 Å². The van der Waals surface area contributed by atoms with E-state index in [2.05, 4.69) is 0 Å². The number of carbonyl (C=O) groups excluding carboxylic acids is 2. The summed E-state index contributed by atoms with van der Waals surface area (Å²) in [5.74, 6) is -0.904. The molecule has 2 aliphatic heterocycles. The third kappa shape index (κ3) is 6.70. The molecule has 0 spiro atoms. The summed E-state index contributed by atoms with van der Waals surface area (Å²) in [6.07, 6.45) is -0.292. The van der Waals surface area contributed by atoms with Gasteiger partial charge in [-0.1, -0.05) is 60.7 Å². The highest BCUT2D eigenvalue weighted by Crippen LogP contribution is 2.41. The Morgan fingerprint density at radius 2 is 1.67 bits per heavy atom. The SMILES string of the molecule is CO[C@@H]1O[C@H](C[C@H](CC=O)CN(Cc2ccccc2)C(=O)OCc2ccccc2)C2OC(C)(C)OC21. The van der Waals surface area contributed by atoms with Gasteiger partial charge in [0.05, 0.1) is 6.10 Å². The van der Waals surface area contributed by atoms with E-state index in [0.29, 0.717) is 19.5 Å². The van der Waals surface area contributed by atoms with Crippen molar-refractivity contribution in [2.24, 2.45) is 5.92 Å². The molecule has 1 amide bonds. The first-order chi connectivity index (χ1) is 17.4. The van der Waals surface area contributed by atoms with Gasteiger partial charge in [0.25, 0.3) is 0 Å². The van der Waals surface area contributed by atoms with Crippen LogP contribution in [0.3, 0.4) is 0 Å². The number of fused-ring (bicyclic) bond motifs is 1. The lowest BCUT2D eigenvalue weighted by atomic mass is 9.94. The van der Waals surface area contributed by atoms with Crippen LogP contribution in [0.1, 0.15) is 37.8 Å². The molecule has 0 aliphatic carbocycles. The molecule has 2 aliphatic rings. The van der Waals surface area contributed by atoms with Crippen LogP contribution in [0.15, 0.2) is 60.7 Å². The fourth-order valence-corrected chi connectivity index (χ4v) is 4.86. The molecule has 2 saturated heterocycles. The normalized spacial score (nSPS) is 25.2. The van der Waals surface area contributed by atoms with Gasteiger partial charge in [-0.05, 0) is 37.3 Å². The fraction of sp³-hybridized carbons (Fsp3) is 0.500. The zero-order chi connectivity index (χ0) is 25.5. The van der Waals surface area contributed by atoms with Crippen LogP contribution in [-0.4, -0.2) is 61.3 Å². The minimum atomic E-state index is -0.741. The monoisotopic (exact) mass is 497 g/mol. The molecular weight excluding hydrogens is 462 g/mol. The second kappa shape index (κ2) is 12.0. The molecule has 0 aromatic heterocycles. The highest BCUT2D eigenvalue weighted by Gasteiger charge is 2.55. The van der Waals surface area contributed by atoms with Gasteiger partial charge in [0, 0.05) is 26.6 Å². The van der Waals surface area contributed by atoms with Crippen molar-refractivity contribution >= 4 is 12.4 Å². The van der Waals surface area contributed by atoms with Gasteiger partial charge in [0.2, 0.25) is 0 Å². The number of hydrogen-bond acceptors (Lipinski definition) is 7. The Hall–Kier alpha value is -2.78. The molecule has 2 aromatic rings. The second-order valence-corrected chi connectivity index (χ2v) is 9.75. The Labute approximate surface area is 212 Å². The lowest BCUT2D eigenvalue weighted by Gasteiger charge is -2.29. The van der Waals surface area contributed by atoms with Crippen molar-refractivity contribution < 1.29 is 33.3 Å². The van der Waals surface area contributed by atoms with Crippen LogP contribution in [0.5, 0.6) is 0 Å². The number of rotatable bonds is 11. The largest absolute Gasteiger partial charge is 0.445 e. The summed E-state index contributed by atoms with van der Waals surface area (Å²) >= 11 is 0. The molecule has 0 saturated carbocycles. The Morgan fingerprint density at radius 3 is 2.31 bits per heavy atom. The third-order valence-corrected chi connectivity index (χ3v) is 6.49. The van der Waals surface area contributed by atoms with Gasteiger partial charge in [0.15, 0.2) is 12.1 Å². The predicted molar refractivity (Wildman–Crippen MR) is 132 cm³/mol. The average Bonchev–Trinajstić information content (AvgIpc) is 3.36. The van der Waals surface area contributed by atoms with Crippen molar-refractivity contribution in [2.45, 2.75) is 70.2 Å². The zero-order valence-electron chi connectivity index (χ0n) is 21.1. The Kier molecular flexibility index (Phi) is 8.74. The van der Waals surface area contributed by atoms with Crippen LogP contribution < -0.4 is 0 Å². The second-order valence-electron chi connectivity index (χ2n) is 9.75. The summed E-state index contributed by atoms with van der Waals surface area (Å²) in [7, 11) is 1.58. The Bertz CT molecular complexity index is 984. The molecule has 2 fully saturated rings. The first-order valence-electron chi connectivity index (χ1n) is 12.4. The van der Waals surface area contributed by atoms with Crippen LogP contribution in [0.4, 0.5) is 4.79 Å². The zero-order valence-corrected chi connectivity index (χ0v) is 21.1. The maximum atomic E-state index is 13.2. The van der Waals surface area contributed by atoms with Crippen LogP contribution in [-0.2, 0) is 41.6 Å². The molecule has 2 unspecified atom stereocenters. The topological polar surface area (TPSA) is 83.5 Å². The molecule has 2 heterocycles. The summed E-state index contributed by atoms with van der Waals surface area (Å²) in [4.78, 5) is 26.4. The molecule has 2 aromatic carbocycles. The number of methoxy groups -OCH3 is 1. The van der Waals surface area contributed by atoms with Crippen molar-refractivity contribution in [3.05, 3.63) is 71.8 Å². The van der Waals surface area contributed by atoms with E-state index in [9.17, 15) is 9.59 Å². The van der Waals surface area contributed by atoms with Crippen molar-refractivity contribution in [2.75, 3.05) is 13.7 Å². The summed E-state index contributed by atoms with van der Waals surface area (Å²) in [6, 6.07) is 19.3. The van der Waals surface area contributed by atoms with Crippen molar-refractivity contribution in [1.82, 2.24) is 4.90 Å². The first-order valence-corrected chi connectivity index (χ1v) is 12.4.